The van der Waals surface area contributed by atoms with Crippen molar-refractivity contribution < 1.29 is 13.6 Å². The highest BCUT2D eigenvalue weighted by molar-refractivity contribution is 5.96. The Bertz CT molecular complexity index is 1070. The highest BCUT2D eigenvalue weighted by Crippen LogP contribution is 2.21. The molecule has 3 aromatic carbocycles. The standard InChI is InChI=1S/C26H28F2N4O/c1-19(26(33)30-25-17-21(27)7-12-24(25)28)29-22-8-10-23(11-9-22)32-15-13-31(14-16-32)18-20-5-3-2-4-6-20/h2-12,17,19,29H,13-16,18H2,1H3,(H,30,33). The summed E-state index contributed by atoms with van der Waals surface area (Å²) in [4.78, 5) is 17.2. The largest absolute Gasteiger partial charge is 0.374 e. The van der Waals surface area contributed by atoms with E-state index in [0.29, 0.717) is 0 Å². The maximum Gasteiger partial charge on any atom is 0.246 e. The van der Waals surface area contributed by atoms with Crippen molar-refractivity contribution in [2.24, 2.45) is 0 Å². The molecule has 0 aromatic heterocycles. The van der Waals surface area contributed by atoms with Crippen LogP contribution < -0.4 is 15.5 Å². The average molecular weight is 451 g/mol. The van der Waals surface area contributed by atoms with Crippen LogP contribution in [0.1, 0.15) is 12.5 Å². The second kappa shape index (κ2) is 10.4. The van der Waals surface area contributed by atoms with Crippen LogP contribution in [0.2, 0.25) is 0 Å². The van der Waals surface area contributed by atoms with Gasteiger partial charge in [0.1, 0.15) is 17.7 Å². The zero-order valence-corrected chi connectivity index (χ0v) is 18.6. The lowest BCUT2D eigenvalue weighted by atomic mass is 10.2. The van der Waals surface area contributed by atoms with Gasteiger partial charge < -0.3 is 15.5 Å². The molecule has 2 N–H and O–H groups in total. The summed E-state index contributed by atoms with van der Waals surface area (Å²) >= 11 is 0. The van der Waals surface area contributed by atoms with Gasteiger partial charge >= 0.3 is 0 Å². The molecule has 7 heteroatoms. The molecule has 0 saturated carbocycles. The van der Waals surface area contributed by atoms with Crippen LogP contribution >= 0.6 is 0 Å². The summed E-state index contributed by atoms with van der Waals surface area (Å²) in [5.74, 6) is -1.73. The second-order valence-electron chi connectivity index (χ2n) is 8.28. The van der Waals surface area contributed by atoms with Gasteiger partial charge in [0, 0.05) is 50.2 Å². The van der Waals surface area contributed by atoms with E-state index in [1.807, 2.05) is 30.3 Å². The maximum absolute atomic E-state index is 13.8. The molecule has 0 aliphatic carbocycles. The quantitative estimate of drug-likeness (QED) is 0.547. The van der Waals surface area contributed by atoms with Crippen molar-refractivity contribution in [1.29, 1.82) is 0 Å². The smallest absolute Gasteiger partial charge is 0.246 e. The molecular formula is C26H28F2N4O. The van der Waals surface area contributed by atoms with Crippen molar-refractivity contribution in [2.75, 3.05) is 41.7 Å². The summed E-state index contributed by atoms with van der Waals surface area (Å²) < 4.78 is 27.1. The van der Waals surface area contributed by atoms with Crippen LogP contribution in [0.5, 0.6) is 0 Å². The zero-order chi connectivity index (χ0) is 23.2. The number of anilines is 3. The van der Waals surface area contributed by atoms with Gasteiger partial charge in [-0.3, -0.25) is 9.69 Å². The lowest BCUT2D eigenvalue weighted by molar-refractivity contribution is -0.116. The number of nitrogens with one attached hydrogen (secondary N) is 2. The fraction of sp³-hybridized carbons (Fsp3) is 0.269. The Morgan fingerprint density at radius 1 is 0.939 bits per heavy atom. The minimum Gasteiger partial charge on any atom is -0.374 e. The first kappa shape index (κ1) is 22.7. The van der Waals surface area contributed by atoms with Crippen LogP contribution in [0.25, 0.3) is 0 Å². The van der Waals surface area contributed by atoms with Crippen LogP contribution in [-0.2, 0) is 11.3 Å². The van der Waals surface area contributed by atoms with Crippen LogP contribution in [0.3, 0.4) is 0 Å². The predicted molar refractivity (Wildman–Crippen MR) is 128 cm³/mol. The number of hydrogen-bond acceptors (Lipinski definition) is 4. The summed E-state index contributed by atoms with van der Waals surface area (Å²) in [7, 11) is 0. The first-order chi connectivity index (χ1) is 16.0. The molecule has 1 amide bonds. The van der Waals surface area contributed by atoms with Gasteiger partial charge in [0.15, 0.2) is 0 Å². The fourth-order valence-electron chi connectivity index (χ4n) is 3.92. The van der Waals surface area contributed by atoms with E-state index in [2.05, 4.69) is 44.7 Å². The van der Waals surface area contributed by atoms with Crippen molar-refractivity contribution in [3.8, 4) is 0 Å². The maximum atomic E-state index is 13.8. The van der Waals surface area contributed by atoms with E-state index in [1.165, 1.54) is 5.56 Å². The lowest BCUT2D eigenvalue weighted by Crippen LogP contribution is -2.45. The molecule has 4 rings (SSSR count). The lowest BCUT2D eigenvalue weighted by Gasteiger charge is -2.36. The topological polar surface area (TPSA) is 47.6 Å². The molecule has 1 aliphatic rings. The Kier molecular flexibility index (Phi) is 7.19. The molecule has 3 aromatic rings. The highest BCUT2D eigenvalue weighted by Gasteiger charge is 2.18. The molecule has 0 spiro atoms. The number of halogens is 2. The van der Waals surface area contributed by atoms with E-state index in [1.54, 1.807) is 6.92 Å². The van der Waals surface area contributed by atoms with E-state index in [-0.39, 0.29) is 5.69 Å². The molecule has 1 unspecified atom stereocenters. The molecule has 172 valence electrons. The molecule has 33 heavy (non-hydrogen) atoms. The van der Waals surface area contributed by atoms with Crippen LogP contribution in [-0.4, -0.2) is 43.0 Å². The van der Waals surface area contributed by atoms with Gasteiger partial charge in [-0.15, -0.1) is 0 Å². The Morgan fingerprint density at radius 2 is 1.64 bits per heavy atom. The Balaban J connectivity index is 1.27. The predicted octanol–water partition coefficient (Wildman–Crippen LogP) is 4.73. The third-order valence-electron chi connectivity index (χ3n) is 5.82. The van der Waals surface area contributed by atoms with Crippen molar-refractivity contribution in [1.82, 2.24) is 4.90 Å². The molecular weight excluding hydrogens is 422 g/mol. The van der Waals surface area contributed by atoms with Crippen molar-refractivity contribution in [2.45, 2.75) is 19.5 Å². The molecule has 0 bridgehead atoms. The summed E-state index contributed by atoms with van der Waals surface area (Å²) in [5, 5.41) is 5.53. The van der Waals surface area contributed by atoms with Gasteiger partial charge in [-0.2, -0.15) is 0 Å². The number of amides is 1. The van der Waals surface area contributed by atoms with E-state index in [4.69, 9.17) is 0 Å². The number of benzene rings is 3. The number of carbonyl (C=O) groups excluding carboxylic acids is 1. The summed E-state index contributed by atoms with van der Waals surface area (Å²) in [6.07, 6.45) is 0. The monoisotopic (exact) mass is 450 g/mol. The minimum atomic E-state index is -0.676. The summed E-state index contributed by atoms with van der Waals surface area (Å²) in [5.41, 5.74) is 3.08. The summed E-state index contributed by atoms with van der Waals surface area (Å²) in [6, 6.07) is 20.8. The van der Waals surface area contributed by atoms with Gasteiger partial charge in [-0.05, 0) is 48.9 Å². The van der Waals surface area contributed by atoms with Crippen LogP contribution in [0.15, 0.2) is 72.8 Å². The van der Waals surface area contributed by atoms with Crippen LogP contribution in [0.4, 0.5) is 25.8 Å². The number of rotatable bonds is 7. The minimum absolute atomic E-state index is 0.171. The molecule has 1 aliphatic heterocycles. The van der Waals surface area contributed by atoms with Crippen molar-refractivity contribution in [3.05, 3.63) is 90.0 Å². The van der Waals surface area contributed by atoms with Gasteiger partial charge in [0.2, 0.25) is 5.91 Å². The third kappa shape index (κ3) is 6.08. The second-order valence-corrected chi connectivity index (χ2v) is 8.28. The molecule has 0 radical (unpaired) electrons. The molecule has 1 atom stereocenters. The number of hydrogen-bond donors (Lipinski definition) is 2. The molecule has 1 fully saturated rings. The zero-order valence-electron chi connectivity index (χ0n) is 18.6. The van der Waals surface area contributed by atoms with Gasteiger partial charge in [0.05, 0.1) is 5.69 Å². The van der Waals surface area contributed by atoms with E-state index >= 15 is 0 Å². The number of carbonyl (C=O) groups is 1. The van der Waals surface area contributed by atoms with E-state index in [9.17, 15) is 13.6 Å². The summed E-state index contributed by atoms with van der Waals surface area (Å²) in [6.45, 7) is 6.56. The Hall–Kier alpha value is -3.45. The molecule has 5 nitrogen and oxygen atoms in total. The van der Waals surface area contributed by atoms with Crippen molar-refractivity contribution >= 4 is 23.0 Å². The van der Waals surface area contributed by atoms with Gasteiger partial charge in [-0.1, -0.05) is 30.3 Å². The first-order valence-corrected chi connectivity index (χ1v) is 11.1. The van der Waals surface area contributed by atoms with E-state index < -0.39 is 23.6 Å². The van der Waals surface area contributed by atoms with Crippen molar-refractivity contribution in [3.63, 3.8) is 0 Å². The number of nitrogens with zero attached hydrogens (tertiary/aromatic N) is 2. The molecule has 1 saturated heterocycles. The first-order valence-electron chi connectivity index (χ1n) is 11.1. The molecule has 1 heterocycles. The van der Waals surface area contributed by atoms with Gasteiger partial charge in [0.25, 0.3) is 0 Å². The third-order valence-corrected chi connectivity index (χ3v) is 5.82. The normalized spacial score (nSPS) is 15.2. The Morgan fingerprint density at radius 3 is 2.33 bits per heavy atom. The SMILES string of the molecule is CC(Nc1ccc(N2CCN(Cc3ccccc3)CC2)cc1)C(=O)Nc1cc(F)ccc1F. The average Bonchev–Trinajstić information content (AvgIpc) is 2.83. The number of piperazine rings is 1. The van der Waals surface area contributed by atoms with Crippen LogP contribution in [0, 0.1) is 11.6 Å². The Labute approximate surface area is 193 Å². The van der Waals surface area contributed by atoms with E-state index in [0.717, 1.165) is 62.3 Å². The van der Waals surface area contributed by atoms with Gasteiger partial charge in [-0.25, -0.2) is 8.78 Å². The fourth-order valence-corrected chi connectivity index (χ4v) is 3.92. The highest BCUT2D eigenvalue weighted by atomic mass is 19.1.